The van der Waals surface area contributed by atoms with Crippen LogP contribution in [0.3, 0.4) is 0 Å². The molecule has 0 rings (SSSR count). The third-order valence-corrected chi connectivity index (χ3v) is 0.948. The zero-order valence-corrected chi connectivity index (χ0v) is 6.42. The van der Waals surface area contributed by atoms with E-state index in [0.717, 1.165) is 5.84 Å². The number of amidine groups is 1. The van der Waals surface area contributed by atoms with Gasteiger partial charge in [-0.1, -0.05) is 13.8 Å². The van der Waals surface area contributed by atoms with E-state index in [-0.39, 0.29) is 0 Å². The lowest BCUT2D eigenvalue weighted by Gasteiger charge is -1.98. The van der Waals surface area contributed by atoms with Crippen molar-refractivity contribution in [1.82, 2.24) is 0 Å². The highest BCUT2D eigenvalue weighted by Gasteiger charge is 1.99. The lowest BCUT2D eigenvalue weighted by Crippen LogP contribution is -2.02. The molecule has 0 fully saturated rings. The minimum Gasteiger partial charge on any atom is -0.272 e. The molecule has 0 aromatic rings. The summed E-state index contributed by atoms with van der Waals surface area (Å²) < 4.78 is 0. The van der Waals surface area contributed by atoms with E-state index in [1.165, 1.54) is 0 Å². The Labute approximate surface area is 55.9 Å². The monoisotopic (exact) mass is 127 g/mol. The van der Waals surface area contributed by atoms with Crippen LogP contribution in [0.5, 0.6) is 0 Å². The molecule has 0 aliphatic rings. The van der Waals surface area contributed by atoms with Crippen LogP contribution in [0.1, 0.15) is 13.8 Å². The fourth-order valence-corrected chi connectivity index (χ4v) is 0.521. The van der Waals surface area contributed by atoms with Gasteiger partial charge >= 0.3 is 0 Å². The lowest BCUT2D eigenvalue weighted by molar-refractivity contribution is 0.857. The van der Waals surface area contributed by atoms with Gasteiger partial charge in [0.25, 0.3) is 0 Å². The van der Waals surface area contributed by atoms with E-state index in [9.17, 15) is 0 Å². The highest BCUT2D eigenvalue weighted by Crippen LogP contribution is 1.97. The van der Waals surface area contributed by atoms with Gasteiger partial charge in [-0.05, 0) is 0 Å². The molecule has 0 atom stereocenters. The van der Waals surface area contributed by atoms with Crippen molar-refractivity contribution in [3.8, 4) is 0 Å². The fraction of sp³-hybridized carbons (Fsp3) is 0.833. The largest absolute Gasteiger partial charge is 0.272 e. The summed E-state index contributed by atoms with van der Waals surface area (Å²) in [4.78, 5) is 3.93. The Balaban J connectivity index is 4.01. The predicted molar refractivity (Wildman–Crippen MR) is 39.0 cm³/mol. The minimum absolute atomic E-state index is 0.374. The first kappa shape index (κ1) is 8.27. The topological polar surface area (TPSA) is 37.1 Å². The van der Waals surface area contributed by atoms with Crippen molar-refractivity contribution in [2.24, 2.45) is 21.1 Å². The second-order valence-corrected chi connectivity index (χ2v) is 2.04. The SMILES string of the molecule is CN=NC(=NC)C(C)C. The van der Waals surface area contributed by atoms with Crippen molar-refractivity contribution in [1.29, 1.82) is 0 Å². The molecule has 9 heavy (non-hydrogen) atoms. The van der Waals surface area contributed by atoms with E-state index in [1.807, 2.05) is 13.8 Å². The molecule has 0 amide bonds. The smallest absolute Gasteiger partial charge is 0.148 e. The maximum Gasteiger partial charge on any atom is 0.148 e. The standard InChI is InChI=1S/C6H13N3/c1-5(2)6(7-3)9-8-4/h5H,1-4H3. The number of aliphatic imine (C=N–C) groups is 1. The van der Waals surface area contributed by atoms with E-state index in [1.54, 1.807) is 14.1 Å². The Bertz CT molecular complexity index is 124. The Morgan fingerprint density at radius 2 is 1.78 bits per heavy atom. The van der Waals surface area contributed by atoms with Crippen LogP contribution in [0.15, 0.2) is 15.2 Å². The molecule has 0 saturated carbocycles. The van der Waals surface area contributed by atoms with Gasteiger partial charge in [-0.3, -0.25) is 4.99 Å². The van der Waals surface area contributed by atoms with Crippen LogP contribution in [-0.4, -0.2) is 19.9 Å². The highest BCUT2D eigenvalue weighted by atomic mass is 15.1. The van der Waals surface area contributed by atoms with Gasteiger partial charge in [0.15, 0.2) is 0 Å². The molecule has 0 bridgehead atoms. The van der Waals surface area contributed by atoms with E-state index >= 15 is 0 Å². The van der Waals surface area contributed by atoms with Crippen molar-refractivity contribution in [2.45, 2.75) is 13.8 Å². The molecule has 0 radical (unpaired) electrons. The molecule has 52 valence electrons. The Morgan fingerprint density at radius 1 is 1.22 bits per heavy atom. The summed E-state index contributed by atoms with van der Waals surface area (Å²) in [5, 5.41) is 7.44. The van der Waals surface area contributed by atoms with E-state index in [0.29, 0.717) is 5.92 Å². The number of azo groups is 1. The summed E-state index contributed by atoms with van der Waals surface area (Å²) in [7, 11) is 3.37. The Morgan fingerprint density at radius 3 is 1.89 bits per heavy atom. The first-order valence-electron chi connectivity index (χ1n) is 2.99. The zero-order valence-electron chi connectivity index (χ0n) is 6.42. The van der Waals surface area contributed by atoms with Gasteiger partial charge in [-0.2, -0.15) is 5.11 Å². The molecule has 0 aliphatic heterocycles. The molecular formula is C6H13N3. The number of hydrogen-bond acceptors (Lipinski definition) is 2. The Hall–Kier alpha value is -0.730. The van der Waals surface area contributed by atoms with Gasteiger partial charge in [0.05, 0.1) is 0 Å². The van der Waals surface area contributed by atoms with Gasteiger partial charge in [-0.25, -0.2) is 0 Å². The summed E-state index contributed by atoms with van der Waals surface area (Å²) in [6.45, 7) is 4.08. The van der Waals surface area contributed by atoms with Gasteiger partial charge in [0.2, 0.25) is 0 Å². The van der Waals surface area contributed by atoms with Crippen LogP contribution in [0.25, 0.3) is 0 Å². The summed E-state index contributed by atoms with van der Waals surface area (Å²) in [5.41, 5.74) is 0. The number of rotatable bonds is 1. The van der Waals surface area contributed by atoms with Crippen molar-refractivity contribution in [3.05, 3.63) is 0 Å². The number of hydrogen-bond donors (Lipinski definition) is 0. The summed E-state index contributed by atoms with van der Waals surface area (Å²) >= 11 is 0. The van der Waals surface area contributed by atoms with E-state index in [2.05, 4.69) is 15.2 Å². The molecule has 0 aromatic heterocycles. The molecular weight excluding hydrogens is 114 g/mol. The van der Waals surface area contributed by atoms with Crippen LogP contribution < -0.4 is 0 Å². The molecule has 3 nitrogen and oxygen atoms in total. The van der Waals surface area contributed by atoms with Crippen LogP contribution in [0, 0.1) is 5.92 Å². The second-order valence-electron chi connectivity index (χ2n) is 2.04. The highest BCUT2D eigenvalue weighted by molar-refractivity contribution is 5.84. The second kappa shape index (κ2) is 4.18. The van der Waals surface area contributed by atoms with E-state index < -0.39 is 0 Å². The Kier molecular flexibility index (Phi) is 3.84. The average Bonchev–Trinajstić information content (AvgIpc) is 1.82. The normalized spacial score (nSPS) is 13.7. The molecule has 3 heteroatoms. The third-order valence-electron chi connectivity index (χ3n) is 0.948. The fourth-order valence-electron chi connectivity index (χ4n) is 0.521. The van der Waals surface area contributed by atoms with Crippen LogP contribution in [0.2, 0.25) is 0 Å². The quantitative estimate of drug-likeness (QED) is 0.292. The van der Waals surface area contributed by atoms with Crippen LogP contribution in [-0.2, 0) is 0 Å². The summed E-state index contributed by atoms with van der Waals surface area (Å²) in [6, 6.07) is 0. The third kappa shape index (κ3) is 2.95. The first-order valence-corrected chi connectivity index (χ1v) is 2.99. The molecule has 0 spiro atoms. The maximum atomic E-state index is 3.93. The van der Waals surface area contributed by atoms with Crippen LogP contribution in [0.4, 0.5) is 0 Å². The molecule has 0 aromatic carbocycles. The minimum atomic E-state index is 0.374. The number of nitrogens with zero attached hydrogens (tertiary/aromatic N) is 3. The summed E-state index contributed by atoms with van der Waals surface area (Å²) in [6.07, 6.45) is 0. The molecule has 0 unspecified atom stereocenters. The van der Waals surface area contributed by atoms with Crippen molar-refractivity contribution in [3.63, 3.8) is 0 Å². The first-order chi connectivity index (χ1) is 4.22. The molecule has 0 saturated heterocycles. The van der Waals surface area contributed by atoms with Crippen molar-refractivity contribution in [2.75, 3.05) is 14.1 Å². The molecule has 0 N–H and O–H groups in total. The lowest BCUT2D eigenvalue weighted by atomic mass is 10.2. The predicted octanol–water partition coefficient (Wildman–Crippen LogP) is 1.75. The van der Waals surface area contributed by atoms with E-state index in [4.69, 9.17) is 0 Å². The maximum absolute atomic E-state index is 3.93. The van der Waals surface area contributed by atoms with Crippen molar-refractivity contribution < 1.29 is 0 Å². The molecule has 0 aliphatic carbocycles. The average molecular weight is 127 g/mol. The molecule has 0 heterocycles. The van der Waals surface area contributed by atoms with Gasteiger partial charge < -0.3 is 0 Å². The van der Waals surface area contributed by atoms with Crippen LogP contribution >= 0.6 is 0 Å². The van der Waals surface area contributed by atoms with Gasteiger partial charge in [0.1, 0.15) is 5.84 Å². The van der Waals surface area contributed by atoms with Crippen molar-refractivity contribution >= 4 is 5.84 Å². The summed E-state index contributed by atoms with van der Waals surface area (Å²) in [5.74, 6) is 1.18. The zero-order chi connectivity index (χ0) is 7.28. The van der Waals surface area contributed by atoms with Gasteiger partial charge in [-0.15, -0.1) is 5.11 Å². The van der Waals surface area contributed by atoms with Gasteiger partial charge in [0, 0.05) is 20.0 Å².